The van der Waals surface area contributed by atoms with Crippen LogP contribution in [-0.2, 0) is 20.8 Å². The fourth-order valence-electron chi connectivity index (χ4n) is 3.99. The first-order valence-corrected chi connectivity index (χ1v) is 9.69. The van der Waals surface area contributed by atoms with Crippen molar-refractivity contribution in [3.05, 3.63) is 35.4 Å². The predicted molar refractivity (Wildman–Crippen MR) is 104 cm³/mol. The number of nitrogens with one attached hydrogen (secondary N) is 1. The van der Waals surface area contributed by atoms with Crippen LogP contribution in [0.25, 0.3) is 0 Å². The van der Waals surface area contributed by atoms with E-state index in [0.29, 0.717) is 12.8 Å². The molecule has 0 unspecified atom stereocenters. The Morgan fingerprint density at radius 3 is 2.63 bits per heavy atom. The summed E-state index contributed by atoms with van der Waals surface area (Å²) in [7, 11) is 0. The van der Waals surface area contributed by atoms with E-state index in [2.05, 4.69) is 5.32 Å². The fourth-order valence-corrected chi connectivity index (χ4v) is 4.05. The third-order valence-electron chi connectivity index (χ3n) is 5.36. The van der Waals surface area contributed by atoms with E-state index in [1.165, 1.54) is 4.90 Å². The molecule has 1 saturated heterocycles. The van der Waals surface area contributed by atoms with Crippen molar-refractivity contribution in [1.82, 2.24) is 10.2 Å². The van der Waals surface area contributed by atoms with Crippen molar-refractivity contribution in [2.24, 2.45) is 5.92 Å². The second kappa shape index (κ2) is 7.76. The molecule has 1 aromatic rings. The lowest BCUT2D eigenvalue weighted by molar-refractivity contribution is -0.156. The third-order valence-corrected chi connectivity index (χ3v) is 6.01. The number of piperidine rings is 1. The van der Waals surface area contributed by atoms with E-state index >= 15 is 0 Å². The zero-order valence-electron chi connectivity index (χ0n) is 15.5. The van der Waals surface area contributed by atoms with Crippen LogP contribution in [0.4, 0.5) is 0 Å². The standard InChI is InChI=1S/C20H24N2O4S/c1-11(2)17(27)18(23)21-14-10-12-6-3-4-7-13(12)15-8-5-9-16(20(25)26)22(15)19(14)24/h3-4,6-7,11,14-16H,5,8-10H2,1-2H3,(H,21,23)(H,25,26)/t14-,15+,16-/m0/s1. The predicted octanol–water partition coefficient (Wildman–Crippen LogP) is 2.26. The summed E-state index contributed by atoms with van der Waals surface area (Å²) >= 11 is 5.17. The van der Waals surface area contributed by atoms with Crippen LogP contribution in [0.3, 0.4) is 0 Å². The van der Waals surface area contributed by atoms with Crippen LogP contribution in [0.15, 0.2) is 24.3 Å². The van der Waals surface area contributed by atoms with Gasteiger partial charge in [0, 0.05) is 6.42 Å². The molecule has 6 nitrogen and oxygen atoms in total. The Morgan fingerprint density at radius 2 is 1.96 bits per heavy atom. The number of hydrogen-bond donors (Lipinski definition) is 2. The summed E-state index contributed by atoms with van der Waals surface area (Å²) in [6.07, 6.45) is 2.22. The molecule has 0 aromatic heterocycles. The number of nitrogens with zero attached hydrogens (tertiary/aromatic N) is 1. The molecule has 2 N–H and O–H groups in total. The van der Waals surface area contributed by atoms with Gasteiger partial charge in [-0.05, 0) is 36.3 Å². The molecule has 2 heterocycles. The molecule has 0 saturated carbocycles. The maximum absolute atomic E-state index is 13.3. The highest BCUT2D eigenvalue weighted by Crippen LogP contribution is 2.39. The van der Waals surface area contributed by atoms with E-state index in [1.807, 2.05) is 38.1 Å². The number of carboxylic acid groups (broad SMARTS) is 1. The molecule has 0 radical (unpaired) electrons. The van der Waals surface area contributed by atoms with Crippen molar-refractivity contribution in [1.29, 1.82) is 0 Å². The van der Waals surface area contributed by atoms with Gasteiger partial charge in [0.2, 0.25) is 5.91 Å². The molecule has 0 bridgehead atoms. The van der Waals surface area contributed by atoms with Gasteiger partial charge in [-0.2, -0.15) is 0 Å². The molecular weight excluding hydrogens is 364 g/mol. The van der Waals surface area contributed by atoms with Gasteiger partial charge in [0.1, 0.15) is 12.1 Å². The lowest BCUT2D eigenvalue weighted by Gasteiger charge is -2.40. The number of benzene rings is 1. The number of aliphatic carboxylic acids is 1. The maximum atomic E-state index is 13.3. The van der Waals surface area contributed by atoms with Gasteiger partial charge in [0.05, 0.1) is 10.9 Å². The van der Waals surface area contributed by atoms with Gasteiger partial charge in [0.25, 0.3) is 5.91 Å². The van der Waals surface area contributed by atoms with Crippen molar-refractivity contribution in [2.75, 3.05) is 0 Å². The van der Waals surface area contributed by atoms with Gasteiger partial charge < -0.3 is 15.3 Å². The summed E-state index contributed by atoms with van der Waals surface area (Å²) < 4.78 is 0. The van der Waals surface area contributed by atoms with E-state index in [9.17, 15) is 19.5 Å². The largest absolute Gasteiger partial charge is 0.480 e. The summed E-state index contributed by atoms with van der Waals surface area (Å²) in [5.74, 6) is -1.89. The lowest BCUT2D eigenvalue weighted by Crippen LogP contribution is -2.56. The first-order chi connectivity index (χ1) is 12.8. The minimum Gasteiger partial charge on any atom is -0.480 e. The molecule has 3 atom stereocenters. The average molecular weight is 388 g/mol. The van der Waals surface area contributed by atoms with Gasteiger partial charge >= 0.3 is 5.97 Å². The number of carbonyl (C=O) groups is 3. The number of carboxylic acids is 1. The lowest BCUT2D eigenvalue weighted by atomic mass is 9.89. The van der Waals surface area contributed by atoms with Gasteiger partial charge in [-0.25, -0.2) is 4.79 Å². The number of fused-ring (bicyclic) bond motifs is 3. The number of rotatable bonds is 4. The number of carbonyl (C=O) groups excluding carboxylic acids is 2. The Morgan fingerprint density at radius 1 is 1.26 bits per heavy atom. The highest BCUT2D eigenvalue weighted by atomic mass is 32.1. The van der Waals surface area contributed by atoms with Gasteiger partial charge in [-0.3, -0.25) is 9.59 Å². The zero-order chi connectivity index (χ0) is 19.7. The highest BCUT2D eigenvalue weighted by molar-refractivity contribution is 7.82. The first kappa shape index (κ1) is 19.5. The van der Waals surface area contributed by atoms with Crippen molar-refractivity contribution in [2.45, 2.75) is 57.7 Å². The molecule has 2 aliphatic rings. The van der Waals surface area contributed by atoms with Crippen molar-refractivity contribution >= 4 is 34.9 Å². The first-order valence-electron chi connectivity index (χ1n) is 9.28. The van der Waals surface area contributed by atoms with E-state index in [1.54, 1.807) is 0 Å². The average Bonchev–Trinajstić information content (AvgIpc) is 2.76. The smallest absolute Gasteiger partial charge is 0.326 e. The van der Waals surface area contributed by atoms with Crippen LogP contribution in [0, 0.1) is 5.92 Å². The number of thiocarbonyl (C=S) groups is 1. The van der Waals surface area contributed by atoms with Gasteiger partial charge in [0.15, 0.2) is 0 Å². The molecule has 1 fully saturated rings. The molecule has 3 rings (SSSR count). The molecule has 2 amide bonds. The van der Waals surface area contributed by atoms with Crippen LogP contribution in [0.1, 0.15) is 50.3 Å². The fraction of sp³-hybridized carbons (Fsp3) is 0.500. The summed E-state index contributed by atoms with van der Waals surface area (Å²) in [5.41, 5.74) is 1.94. The Kier molecular flexibility index (Phi) is 5.60. The molecule has 2 aliphatic heterocycles. The normalized spacial score (nSPS) is 24.6. The highest BCUT2D eigenvalue weighted by Gasteiger charge is 2.44. The Bertz CT molecular complexity index is 792. The molecule has 0 spiro atoms. The Hall–Kier alpha value is -2.28. The van der Waals surface area contributed by atoms with E-state index < -0.39 is 24.0 Å². The Balaban J connectivity index is 1.99. The zero-order valence-corrected chi connectivity index (χ0v) is 16.3. The molecule has 1 aromatic carbocycles. The number of hydrogen-bond acceptors (Lipinski definition) is 4. The minimum atomic E-state index is -1.00. The molecular formula is C20H24N2O4S. The van der Waals surface area contributed by atoms with Crippen LogP contribution in [-0.4, -0.2) is 44.7 Å². The van der Waals surface area contributed by atoms with E-state index in [0.717, 1.165) is 24.0 Å². The summed E-state index contributed by atoms with van der Waals surface area (Å²) in [5, 5.41) is 12.4. The third kappa shape index (κ3) is 3.74. The van der Waals surface area contributed by atoms with Crippen molar-refractivity contribution < 1.29 is 19.5 Å². The summed E-state index contributed by atoms with van der Waals surface area (Å²) in [6, 6.07) is 5.72. The van der Waals surface area contributed by atoms with Crippen molar-refractivity contribution in [3.63, 3.8) is 0 Å². The van der Waals surface area contributed by atoms with Crippen LogP contribution in [0.5, 0.6) is 0 Å². The summed E-state index contributed by atoms with van der Waals surface area (Å²) in [6.45, 7) is 3.65. The summed E-state index contributed by atoms with van der Waals surface area (Å²) in [4.78, 5) is 39.3. The minimum absolute atomic E-state index is 0.109. The second-order valence-corrected chi connectivity index (χ2v) is 7.93. The molecule has 144 valence electrons. The molecule has 0 aliphatic carbocycles. The maximum Gasteiger partial charge on any atom is 0.326 e. The van der Waals surface area contributed by atoms with Gasteiger partial charge in [-0.15, -0.1) is 0 Å². The monoisotopic (exact) mass is 388 g/mol. The van der Waals surface area contributed by atoms with Crippen LogP contribution in [0.2, 0.25) is 0 Å². The van der Waals surface area contributed by atoms with E-state index in [-0.39, 0.29) is 22.7 Å². The molecule has 27 heavy (non-hydrogen) atoms. The topological polar surface area (TPSA) is 86.7 Å². The van der Waals surface area contributed by atoms with E-state index in [4.69, 9.17) is 12.2 Å². The molecule has 7 heteroatoms. The van der Waals surface area contributed by atoms with Crippen LogP contribution < -0.4 is 5.32 Å². The quantitative estimate of drug-likeness (QED) is 0.773. The Labute approximate surface area is 163 Å². The van der Waals surface area contributed by atoms with Crippen LogP contribution >= 0.6 is 12.2 Å². The van der Waals surface area contributed by atoms with Crippen molar-refractivity contribution in [3.8, 4) is 0 Å². The van der Waals surface area contributed by atoms with Gasteiger partial charge in [-0.1, -0.05) is 50.3 Å². The SMILES string of the molecule is CC(C)C(=S)C(=O)N[C@H]1Cc2ccccc2[C@H]2CCC[C@@H](C(=O)O)N2C1=O. The number of amides is 2. The second-order valence-electron chi connectivity index (χ2n) is 7.49.